The summed E-state index contributed by atoms with van der Waals surface area (Å²) in [7, 11) is 0. The summed E-state index contributed by atoms with van der Waals surface area (Å²) in [5.74, 6) is -1.02. The van der Waals surface area contributed by atoms with E-state index in [0.29, 0.717) is 0 Å². The maximum Gasteiger partial charge on any atom is 0.410 e. The van der Waals surface area contributed by atoms with Gasteiger partial charge in [-0.25, -0.2) is 9.59 Å². The Morgan fingerprint density at radius 3 is 1.93 bits per heavy atom. The third-order valence-electron chi connectivity index (χ3n) is 3.77. The summed E-state index contributed by atoms with van der Waals surface area (Å²) in [5.41, 5.74) is -0.786. The molecule has 0 spiro atoms. The third-order valence-corrected chi connectivity index (χ3v) is 3.77. The lowest BCUT2D eigenvalue weighted by Crippen LogP contribution is -2.55. The van der Waals surface area contributed by atoms with Crippen molar-refractivity contribution in [1.29, 1.82) is 0 Å². The van der Waals surface area contributed by atoms with Crippen molar-refractivity contribution in [3.05, 3.63) is 71.8 Å². The summed E-state index contributed by atoms with van der Waals surface area (Å²) >= 11 is 0. The second-order valence-corrected chi connectivity index (χ2v) is 5.94. The molecule has 0 radical (unpaired) electrons. The van der Waals surface area contributed by atoms with Crippen LogP contribution in [0.1, 0.15) is 24.0 Å². The number of amides is 1. The predicted molar refractivity (Wildman–Crippen MR) is 97.3 cm³/mol. The molecular formula is C20H23NO6. The van der Waals surface area contributed by atoms with Gasteiger partial charge in [0.05, 0.1) is 0 Å². The van der Waals surface area contributed by atoms with Crippen LogP contribution in [0.3, 0.4) is 0 Å². The molecule has 3 N–H and O–H groups in total. The van der Waals surface area contributed by atoms with E-state index in [1.165, 1.54) is 0 Å². The highest BCUT2D eigenvalue weighted by Gasteiger charge is 2.39. The highest BCUT2D eigenvalue weighted by molar-refractivity contribution is 5.83. The number of esters is 1. The maximum absolute atomic E-state index is 12.3. The number of carbonyl (C=O) groups excluding carboxylic acids is 2. The summed E-state index contributed by atoms with van der Waals surface area (Å²) in [6.45, 7) is -0.321. The van der Waals surface area contributed by atoms with Crippen LogP contribution in [0.25, 0.3) is 0 Å². The molecule has 7 nitrogen and oxygen atoms in total. The number of rotatable bonds is 9. The van der Waals surface area contributed by atoms with E-state index in [1.807, 2.05) is 12.1 Å². The van der Waals surface area contributed by atoms with Gasteiger partial charge in [0.15, 0.2) is 0 Å². The van der Waals surface area contributed by atoms with E-state index in [-0.39, 0.29) is 32.7 Å². The number of alkyl carbamates (subject to hydrolysis) is 1. The molecule has 0 aliphatic carbocycles. The van der Waals surface area contributed by atoms with Crippen molar-refractivity contribution in [2.75, 3.05) is 6.61 Å². The molecule has 1 atom stereocenters. The minimum absolute atomic E-state index is 0.0121. The standard InChI is InChI=1S/C20H23NO6/c22-13-7-12-20(25,18(23)26-14-16-8-3-1-4-9-16)21-19(24)27-15-17-10-5-2-6-11-17/h1-6,8-11,22,25H,7,12-15H2,(H,21,24). The second-order valence-electron chi connectivity index (χ2n) is 5.94. The van der Waals surface area contributed by atoms with Gasteiger partial charge >= 0.3 is 12.1 Å². The van der Waals surface area contributed by atoms with Crippen LogP contribution >= 0.6 is 0 Å². The number of hydrogen-bond acceptors (Lipinski definition) is 6. The maximum atomic E-state index is 12.3. The van der Waals surface area contributed by atoms with Crippen molar-refractivity contribution < 1.29 is 29.3 Å². The van der Waals surface area contributed by atoms with Crippen molar-refractivity contribution in [2.24, 2.45) is 0 Å². The van der Waals surface area contributed by atoms with Gasteiger partial charge in [0.25, 0.3) is 0 Å². The van der Waals surface area contributed by atoms with E-state index < -0.39 is 17.8 Å². The van der Waals surface area contributed by atoms with Gasteiger partial charge in [0.1, 0.15) is 13.2 Å². The van der Waals surface area contributed by atoms with Crippen LogP contribution in [0, 0.1) is 0 Å². The summed E-state index contributed by atoms with van der Waals surface area (Å²) in [4.78, 5) is 24.3. The Labute approximate surface area is 157 Å². The molecular weight excluding hydrogens is 350 g/mol. The van der Waals surface area contributed by atoms with Crippen molar-refractivity contribution in [3.8, 4) is 0 Å². The minimum atomic E-state index is -2.29. The number of nitrogens with one attached hydrogen (secondary N) is 1. The van der Waals surface area contributed by atoms with Crippen molar-refractivity contribution in [2.45, 2.75) is 31.8 Å². The summed E-state index contributed by atoms with van der Waals surface area (Å²) in [5, 5.41) is 21.7. The van der Waals surface area contributed by atoms with Crippen LogP contribution in [0.4, 0.5) is 4.79 Å². The number of carbonyl (C=O) groups is 2. The zero-order valence-electron chi connectivity index (χ0n) is 14.8. The lowest BCUT2D eigenvalue weighted by molar-refractivity contribution is -0.171. The molecule has 0 bridgehead atoms. The fraction of sp³-hybridized carbons (Fsp3) is 0.300. The topological polar surface area (TPSA) is 105 Å². The second kappa shape index (κ2) is 10.3. The molecule has 1 amide bonds. The van der Waals surface area contributed by atoms with Crippen LogP contribution in [0.2, 0.25) is 0 Å². The first kappa shape index (κ1) is 20.4. The number of hydrogen-bond donors (Lipinski definition) is 3. The number of ether oxygens (including phenoxy) is 2. The summed E-state index contributed by atoms with van der Waals surface area (Å²) < 4.78 is 10.1. The third kappa shape index (κ3) is 6.73. The van der Waals surface area contributed by atoms with Crippen LogP contribution in [-0.2, 0) is 27.5 Å². The molecule has 0 aromatic heterocycles. The fourth-order valence-corrected chi connectivity index (χ4v) is 2.32. The molecule has 0 heterocycles. The number of aliphatic hydroxyl groups excluding tert-OH is 1. The van der Waals surface area contributed by atoms with Crippen molar-refractivity contribution in [3.63, 3.8) is 0 Å². The Balaban J connectivity index is 1.94. The average molecular weight is 373 g/mol. The SMILES string of the molecule is O=C(NC(O)(CCCO)C(=O)OCc1ccccc1)OCc1ccccc1. The number of benzene rings is 2. The quantitative estimate of drug-likeness (QED) is 0.459. The van der Waals surface area contributed by atoms with E-state index in [9.17, 15) is 14.7 Å². The molecule has 2 aromatic carbocycles. The Morgan fingerprint density at radius 1 is 0.889 bits per heavy atom. The van der Waals surface area contributed by atoms with E-state index in [2.05, 4.69) is 5.32 Å². The van der Waals surface area contributed by atoms with Crippen LogP contribution < -0.4 is 5.32 Å². The Kier molecular flexibility index (Phi) is 7.79. The highest BCUT2D eigenvalue weighted by atomic mass is 16.6. The predicted octanol–water partition coefficient (Wildman–Crippen LogP) is 2.12. The lowest BCUT2D eigenvalue weighted by Gasteiger charge is -2.26. The highest BCUT2D eigenvalue weighted by Crippen LogP contribution is 2.14. The van der Waals surface area contributed by atoms with E-state index in [4.69, 9.17) is 14.6 Å². The molecule has 2 rings (SSSR count). The normalized spacial score (nSPS) is 12.7. The van der Waals surface area contributed by atoms with E-state index in [0.717, 1.165) is 11.1 Å². The molecule has 27 heavy (non-hydrogen) atoms. The van der Waals surface area contributed by atoms with Crippen LogP contribution in [-0.4, -0.2) is 34.6 Å². The molecule has 2 aromatic rings. The van der Waals surface area contributed by atoms with Crippen LogP contribution in [0.5, 0.6) is 0 Å². The largest absolute Gasteiger partial charge is 0.457 e. The average Bonchev–Trinajstić information content (AvgIpc) is 2.70. The van der Waals surface area contributed by atoms with Gasteiger partial charge in [-0.1, -0.05) is 60.7 Å². The fourth-order valence-electron chi connectivity index (χ4n) is 2.32. The lowest BCUT2D eigenvalue weighted by atomic mass is 10.1. The zero-order chi connectivity index (χ0) is 19.5. The van der Waals surface area contributed by atoms with Gasteiger partial charge in [-0.2, -0.15) is 0 Å². The van der Waals surface area contributed by atoms with Gasteiger partial charge in [0, 0.05) is 13.0 Å². The molecule has 0 saturated heterocycles. The van der Waals surface area contributed by atoms with Crippen molar-refractivity contribution >= 4 is 12.1 Å². The van der Waals surface area contributed by atoms with Crippen LogP contribution in [0.15, 0.2) is 60.7 Å². The van der Waals surface area contributed by atoms with Crippen molar-refractivity contribution in [1.82, 2.24) is 5.32 Å². The Bertz CT molecular complexity index is 722. The zero-order valence-corrected chi connectivity index (χ0v) is 14.8. The first-order valence-corrected chi connectivity index (χ1v) is 8.57. The number of aliphatic hydroxyl groups is 2. The molecule has 0 aliphatic rings. The molecule has 1 unspecified atom stereocenters. The van der Waals surface area contributed by atoms with Gasteiger partial charge < -0.3 is 19.7 Å². The molecule has 0 saturated carbocycles. The summed E-state index contributed by atoms with van der Waals surface area (Å²) in [6, 6.07) is 17.9. The van der Waals surface area contributed by atoms with E-state index >= 15 is 0 Å². The van der Waals surface area contributed by atoms with Gasteiger partial charge in [-0.05, 0) is 17.5 Å². The molecule has 144 valence electrons. The smallest absolute Gasteiger partial charge is 0.410 e. The molecule has 0 fully saturated rings. The first-order chi connectivity index (χ1) is 13.0. The Hall–Kier alpha value is -2.90. The first-order valence-electron chi connectivity index (χ1n) is 8.57. The van der Waals surface area contributed by atoms with E-state index in [1.54, 1.807) is 48.5 Å². The Morgan fingerprint density at radius 2 is 1.41 bits per heavy atom. The van der Waals surface area contributed by atoms with Gasteiger partial charge in [0.2, 0.25) is 5.72 Å². The molecule has 7 heteroatoms. The monoisotopic (exact) mass is 373 g/mol. The van der Waals surface area contributed by atoms with Gasteiger partial charge in [-0.15, -0.1) is 0 Å². The molecule has 0 aliphatic heterocycles. The summed E-state index contributed by atoms with van der Waals surface area (Å²) in [6.07, 6.45) is -1.08. The van der Waals surface area contributed by atoms with Gasteiger partial charge in [-0.3, -0.25) is 5.32 Å². The minimum Gasteiger partial charge on any atom is -0.457 e.